The molecule has 0 aliphatic carbocycles. The molecule has 1 heterocycles. The van der Waals surface area contributed by atoms with Crippen LogP contribution in [0.4, 0.5) is 0 Å². The van der Waals surface area contributed by atoms with Crippen LogP contribution in [0, 0.1) is 13.8 Å². The number of esters is 1. The Morgan fingerprint density at radius 2 is 1.68 bits per heavy atom. The Morgan fingerprint density at radius 3 is 2.29 bits per heavy atom. The van der Waals surface area contributed by atoms with Gasteiger partial charge in [-0.2, -0.15) is 0 Å². The highest BCUT2D eigenvalue weighted by atomic mass is 16.5. The molecule has 1 amide bonds. The summed E-state index contributed by atoms with van der Waals surface area (Å²) in [6.45, 7) is 6.34. The molecule has 1 N–H and O–H groups in total. The van der Waals surface area contributed by atoms with E-state index in [4.69, 9.17) is 9.47 Å². The highest BCUT2D eigenvalue weighted by Crippen LogP contribution is 2.31. The topological polar surface area (TPSA) is 69.6 Å². The van der Waals surface area contributed by atoms with E-state index >= 15 is 0 Å². The maximum absolute atomic E-state index is 12.8. The van der Waals surface area contributed by atoms with Gasteiger partial charge in [0, 0.05) is 12.2 Å². The van der Waals surface area contributed by atoms with Gasteiger partial charge in [0.1, 0.15) is 12.3 Å². The Morgan fingerprint density at radius 1 is 1.00 bits per heavy atom. The molecule has 0 saturated carbocycles. The standard InChI is InChI=1S/C25H28N2O4/c1-5-31-25(29)23-17(2)24(20-9-7-6-8-10-20)27(18(23)3)16-22(28)26-15-19-11-13-21(30-4)14-12-19/h6-14H,5,15-16H2,1-4H3,(H,26,28). The largest absolute Gasteiger partial charge is 0.497 e. The van der Waals surface area contributed by atoms with Crippen LogP contribution in [-0.4, -0.2) is 30.2 Å². The number of hydrogen-bond donors (Lipinski definition) is 1. The number of nitrogens with zero attached hydrogens (tertiary/aromatic N) is 1. The van der Waals surface area contributed by atoms with Crippen molar-refractivity contribution in [3.8, 4) is 17.0 Å². The fourth-order valence-electron chi connectivity index (χ4n) is 3.71. The number of methoxy groups -OCH3 is 1. The van der Waals surface area contributed by atoms with Gasteiger partial charge in [-0.05, 0) is 49.6 Å². The Labute approximate surface area is 182 Å². The first-order chi connectivity index (χ1) is 15.0. The molecule has 6 nitrogen and oxygen atoms in total. The van der Waals surface area contributed by atoms with Gasteiger partial charge in [-0.15, -0.1) is 0 Å². The lowest BCUT2D eigenvalue weighted by molar-refractivity contribution is -0.121. The van der Waals surface area contributed by atoms with Gasteiger partial charge in [0.2, 0.25) is 5.91 Å². The molecule has 1 aromatic heterocycles. The van der Waals surface area contributed by atoms with Crippen molar-refractivity contribution in [2.24, 2.45) is 0 Å². The fourth-order valence-corrected chi connectivity index (χ4v) is 3.71. The van der Waals surface area contributed by atoms with Gasteiger partial charge in [-0.3, -0.25) is 4.79 Å². The monoisotopic (exact) mass is 420 g/mol. The molecule has 162 valence electrons. The van der Waals surface area contributed by atoms with Gasteiger partial charge >= 0.3 is 5.97 Å². The van der Waals surface area contributed by atoms with Gasteiger partial charge in [-0.25, -0.2) is 4.79 Å². The van der Waals surface area contributed by atoms with Crippen LogP contribution in [-0.2, 0) is 22.6 Å². The Hall–Kier alpha value is -3.54. The normalized spacial score (nSPS) is 10.6. The number of carbonyl (C=O) groups excluding carboxylic acids is 2. The predicted molar refractivity (Wildman–Crippen MR) is 120 cm³/mol. The summed E-state index contributed by atoms with van der Waals surface area (Å²) in [5, 5.41) is 2.96. The van der Waals surface area contributed by atoms with Crippen molar-refractivity contribution in [2.45, 2.75) is 33.9 Å². The Kier molecular flexibility index (Phi) is 7.13. The first-order valence-corrected chi connectivity index (χ1v) is 10.3. The molecule has 2 aromatic carbocycles. The number of benzene rings is 2. The number of aromatic nitrogens is 1. The van der Waals surface area contributed by atoms with Crippen LogP contribution in [0.15, 0.2) is 54.6 Å². The van der Waals surface area contributed by atoms with E-state index in [1.807, 2.05) is 73.0 Å². The minimum Gasteiger partial charge on any atom is -0.497 e. The average Bonchev–Trinajstić information content (AvgIpc) is 3.02. The maximum atomic E-state index is 12.8. The van der Waals surface area contributed by atoms with Crippen LogP contribution in [0.5, 0.6) is 5.75 Å². The molecule has 0 unspecified atom stereocenters. The molecule has 0 aliphatic heterocycles. The molecule has 0 fully saturated rings. The number of rotatable bonds is 8. The quantitative estimate of drug-likeness (QED) is 0.553. The van der Waals surface area contributed by atoms with E-state index in [1.54, 1.807) is 14.0 Å². The van der Waals surface area contributed by atoms with Crippen molar-refractivity contribution in [3.05, 3.63) is 77.0 Å². The second-order valence-corrected chi connectivity index (χ2v) is 7.23. The van der Waals surface area contributed by atoms with Crippen molar-refractivity contribution in [2.75, 3.05) is 13.7 Å². The Balaban J connectivity index is 1.87. The summed E-state index contributed by atoms with van der Waals surface area (Å²) in [5.41, 5.74) is 4.82. The third-order valence-corrected chi connectivity index (χ3v) is 5.24. The third-order valence-electron chi connectivity index (χ3n) is 5.24. The summed E-state index contributed by atoms with van der Waals surface area (Å²) in [6, 6.07) is 17.3. The van der Waals surface area contributed by atoms with Crippen LogP contribution >= 0.6 is 0 Å². The molecular formula is C25H28N2O4. The number of hydrogen-bond acceptors (Lipinski definition) is 4. The third kappa shape index (κ3) is 4.97. The minimum absolute atomic E-state index is 0.104. The van der Waals surface area contributed by atoms with Gasteiger partial charge in [0.25, 0.3) is 0 Å². The number of carbonyl (C=O) groups is 2. The number of nitrogens with one attached hydrogen (secondary N) is 1. The zero-order valence-electron chi connectivity index (χ0n) is 18.4. The van der Waals surface area contributed by atoms with Gasteiger partial charge < -0.3 is 19.4 Å². The van der Waals surface area contributed by atoms with Crippen molar-refractivity contribution in [1.29, 1.82) is 0 Å². The molecule has 0 saturated heterocycles. The van der Waals surface area contributed by atoms with E-state index in [-0.39, 0.29) is 18.4 Å². The first kappa shape index (κ1) is 22.2. The lowest BCUT2D eigenvalue weighted by Crippen LogP contribution is -2.27. The Bertz CT molecular complexity index is 1050. The zero-order chi connectivity index (χ0) is 22.4. The maximum Gasteiger partial charge on any atom is 0.340 e. The zero-order valence-corrected chi connectivity index (χ0v) is 18.4. The SMILES string of the molecule is CCOC(=O)c1c(C)c(-c2ccccc2)n(CC(=O)NCc2ccc(OC)cc2)c1C. The van der Waals surface area contributed by atoms with E-state index in [0.29, 0.717) is 18.7 Å². The molecule has 0 spiro atoms. The van der Waals surface area contributed by atoms with Crippen molar-refractivity contribution < 1.29 is 19.1 Å². The summed E-state index contributed by atoms with van der Waals surface area (Å²) >= 11 is 0. The molecule has 3 aromatic rings. The molecule has 0 bridgehead atoms. The molecule has 31 heavy (non-hydrogen) atoms. The van der Waals surface area contributed by atoms with Crippen LogP contribution in [0.1, 0.15) is 34.1 Å². The molecular weight excluding hydrogens is 392 g/mol. The van der Waals surface area contributed by atoms with Gasteiger partial charge in [0.05, 0.1) is 25.0 Å². The smallest absolute Gasteiger partial charge is 0.340 e. The molecule has 0 aliphatic rings. The summed E-state index contributed by atoms with van der Waals surface area (Å²) in [6.07, 6.45) is 0. The summed E-state index contributed by atoms with van der Waals surface area (Å²) in [4.78, 5) is 25.4. The average molecular weight is 421 g/mol. The second kappa shape index (κ2) is 9.98. The first-order valence-electron chi connectivity index (χ1n) is 10.3. The van der Waals surface area contributed by atoms with Crippen molar-refractivity contribution >= 4 is 11.9 Å². The van der Waals surface area contributed by atoms with E-state index < -0.39 is 0 Å². The van der Waals surface area contributed by atoms with Crippen molar-refractivity contribution in [1.82, 2.24) is 9.88 Å². The van der Waals surface area contributed by atoms with Crippen molar-refractivity contribution in [3.63, 3.8) is 0 Å². The summed E-state index contributed by atoms with van der Waals surface area (Å²) in [7, 11) is 1.62. The second-order valence-electron chi connectivity index (χ2n) is 7.23. The van der Waals surface area contributed by atoms with E-state index in [2.05, 4.69) is 5.32 Å². The van der Waals surface area contributed by atoms with Gasteiger partial charge in [0.15, 0.2) is 0 Å². The predicted octanol–water partition coefficient (Wildman–Crippen LogP) is 4.27. The minimum atomic E-state index is -0.368. The van der Waals surface area contributed by atoms with Crippen LogP contribution < -0.4 is 10.1 Å². The molecule has 0 radical (unpaired) electrons. The van der Waals surface area contributed by atoms with E-state index in [0.717, 1.165) is 33.8 Å². The summed E-state index contributed by atoms with van der Waals surface area (Å²) < 4.78 is 12.3. The highest BCUT2D eigenvalue weighted by Gasteiger charge is 2.25. The van der Waals surface area contributed by atoms with Gasteiger partial charge in [-0.1, -0.05) is 42.5 Å². The van der Waals surface area contributed by atoms with Crippen LogP contribution in [0.25, 0.3) is 11.3 Å². The van der Waals surface area contributed by atoms with Crippen LogP contribution in [0.3, 0.4) is 0 Å². The van der Waals surface area contributed by atoms with E-state index in [1.165, 1.54) is 0 Å². The van der Waals surface area contributed by atoms with E-state index in [9.17, 15) is 9.59 Å². The summed E-state index contributed by atoms with van der Waals surface area (Å²) in [5.74, 6) is 0.265. The molecule has 3 rings (SSSR count). The lowest BCUT2D eigenvalue weighted by Gasteiger charge is -2.13. The molecule has 6 heteroatoms. The number of ether oxygens (including phenoxy) is 2. The lowest BCUT2D eigenvalue weighted by atomic mass is 10.1. The number of amides is 1. The fraction of sp³-hybridized carbons (Fsp3) is 0.280. The van der Waals surface area contributed by atoms with Crippen LogP contribution in [0.2, 0.25) is 0 Å². The molecule has 0 atom stereocenters. The highest BCUT2D eigenvalue weighted by molar-refractivity contribution is 5.95.